The third kappa shape index (κ3) is 3.01. The fraction of sp³-hybridized carbons (Fsp3) is 0.294. The van der Waals surface area contributed by atoms with Gasteiger partial charge in [-0.2, -0.15) is 0 Å². The molecule has 1 aliphatic carbocycles. The quantitative estimate of drug-likeness (QED) is 0.577. The Morgan fingerprint density at radius 2 is 1.48 bits per heavy atom. The monoisotopic (exact) mass is 339 g/mol. The normalized spacial score (nSPS) is 12.1. The van der Waals surface area contributed by atoms with Crippen molar-refractivity contribution in [1.82, 2.24) is 0 Å². The van der Waals surface area contributed by atoms with Gasteiger partial charge in [0.2, 0.25) is 0 Å². The minimum absolute atomic E-state index is 0.601. The Balaban J connectivity index is 1.94. The molecule has 0 spiro atoms. The summed E-state index contributed by atoms with van der Waals surface area (Å²) in [5.74, 6) is 1.20. The molecule has 0 heterocycles. The SMILES string of the molecule is ClCCN(CCCl)c1ccc2c(c1)Cc1cc(Cl)ccc1-2. The summed E-state index contributed by atoms with van der Waals surface area (Å²) >= 11 is 17.9. The van der Waals surface area contributed by atoms with Crippen LogP contribution in [0, 0.1) is 0 Å². The highest BCUT2D eigenvalue weighted by molar-refractivity contribution is 6.30. The summed E-state index contributed by atoms with van der Waals surface area (Å²) in [7, 11) is 0. The first-order chi connectivity index (χ1) is 10.2. The molecule has 0 aromatic heterocycles. The summed E-state index contributed by atoms with van der Waals surface area (Å²) in [6.07, 6.45) is 0.939. The van der Waals surface area contributed by atoms with E-state index in [9.17, 15) is 0 Å². The van der Waals surface area contributed by atoms with Crippen molar-refractivity contribution < 1.29 is 0 Å². The van der Waals surface area contributed by atoms with Crippen LogP contribution < -0.4 is 4.90 Å². The summed E-state index contributed by atoms with van der Waals surface area (Å²) in [6.45, 7) is 1.62. The lowest BCUT2D eigenvalue weighted by Crippen LogP contribution is -2.27. The lowest BCUT2D eigenvalue weighted by molar-refractivity contribution is 0.873. The van der Waals surface area contributed by atoms with Crippen molar-refractivity contribution in [1.29, 1.82) is 0 Å². The number of alkyl halides is 2. The van der Waals surface area contributed by atoms with Crippen molar-refractivity contribution in [2.45, 2.75) is 6.42 Å². The molecule has 21 heavy (non-hydrogen) atoms. The molecule has 0 saturated carbocycles. The second kappa shape index (κ2) is 6.48. The highest BCUT2D eigenvalue weighted by Gasteiger charge is 2.19. The van der Waals surface area contributed by atoms with Gasteiger partial charge in [-0.3, -0.25) is 0 Å². The standard InChI is InChI=1S/C17H16Cl3N/c18-5-7-21(8-6-19)15-2-4-17-13(11-15)9-12-10-14(20)1-3-16(12)17/h1-4,10-11H,5-9H2. The zero-order valence-electron chi connectivity index (χ0n) is 11.6. The van der Waals surface area contributed by atoms with Crippen LogP contribution in [0.1, 0.15) is 11.1 Å². The fourth-order valence-corrected chi connectivity index (χ4v) is 3.54. The maximum absolute atomic E-state index is 6.09. The van der Waals surface area contributed by atoms with Crippen LogP contribution in [-0.2, 0) is 6.42 Å². The molecule has 0 amide bonds. The van der Waals surface area contributed by atoms with Crippen molar-refractivity contribution in [2.24, 2.45) is 0 Å². The van der Waals surface area contributed by atoms with Crippen molar-refractivity contribution in [3.05, 3.63) is 52.5 Å². The molecule has 0 saturated heterocycles. The molecule has 1 aliphatic rings. The summed E-state index contributed by atoms with van der Waals surface area (Å²) in [4.78, 5) is 2.23. The van der Waals surface area contributed by atoms with Crippen LogP contribution in [0.5, 0.6) is 0 Å². The van der Waals surface area contributed by atoms with E-state index >= 15 is 0 Å². The zero-order valence-corrected chi connectivity index (χ0v) is 13.8. The predicted molar refractivity (Wildman–Crippen MR) is 93.3 cm³/mol. The second-order valence-corrected chi connectivity index (χ2v) is 6.38. The van der Waals surface area contributed by atoms with E-state index in [4.69, 9.17) is 34.8 Å². The average molecular weight is 341 g/mol. The highest BCUT2D eigenvalue weighted by Crippen LogP contribution is 2.39. The van der Waals surface area contributed by atoms with Crippen LogP contribution in [0.25, 0.3) is 11.1 Å². The molecule has 0 fully saturated rings. The summed E-state index contributed by atoms with van der Waals surface area (Å²) < 4.78 is 0. The largest absolute Gasteiger partial charge is 0.369 e. The Morgan fingerprint density at radius 1 is 0.857 bits per heavy atom. The predicted octanol–water partition coefficient (Wildman–Crippen LogP) is 5.20. The number of hydrogen-bond donors (Lipinski definition) is 0. The van der Waals surface area contributed by atoms with E-state index in [2.05, 4.69) is 35.2 Å². The van der Waals surface area contributed by atoms with Gasteiger partial charge in [-0.15, -0.1) is 23.2 Å². The third-order valence-corrected chi connectivity index (χ3v) is 4.47. The number of halogens is 3. The smallest absolute Gasteiger partial charge is 0.0409 e. The molecule has 2 aromatic rings. The molecule has 0 bridgehead atoms. The number of hydrogen-bond acceptors (Lipinski definition) is 1. The number of benzene rings is 2. The Bertz CT molecular complexity index is 648. The van der Waals surface area contributed by atoms with E-state index in [1.165, 1.54) is 27.9 Å². The van der Waals surface area contributed by atoms with Gasteiger partial charge in [-0.05, 0) is 52.9 Å². The van der Waals surface area contributed by atoms with E-state index in [0.29, 0.717) is 11.8 Å². The maximum Gasteiger partial charge on any atom is 0.0409 e. The lowest BCUT2D eigenvalue weighted by Gasteiger charge is -2.23. The summed E-state index contributed by atoms with van der Waals surface area (Å²) in [5.41, 5.74) is 6.44. The molecule has 3 rings (SSSR count). The van der Waals surface area contributed by atoms with E-state index in [1.807, 2.05) is 6.07 Å². The van der Waals surface area contributed by atoms with Crippen molar-refractivity contribution >= 4 is 40.5 Å². The van der Waals surface area contributed by atoms with E-state index in [0.717, 1.165) is 24.5 Å². The van der Waals surface area contributed by atoms with Gasteiger partial charge in [-0.25, -0.2) is 0 Å². The molecule has 110 valence electrons. The van der Waals surface area contributed by atoms with Crippen LogP contribution >= 0.6 is 34.8 Å². The first kappa shape index (κ1) is 15.0. The van der Waals surface area contributed by atoms with Crippen molar-refractivity contribution in [3.63, 3.8) is 0 Å². The molecule has 0 radical (unpaired) electrons. The number of fused-ring (bicyclic) bond motifs is 3. The molecule has 0 atom stereocenters. The van der Waals surface area contributed by atoms with Crippen LogP contribution in [0.15, 0.2) is 36.4 Å². The van der Waals surface area contributed by atoms with Crippen LogP contribution in [-0.4, -0.2) is 24.8 Å². The van der Waals surface area contributed by atoms with Crippen molar-refractivity contribution in [2.75, 3.05) is 29.7 Å². The van der Waals surface area contributed by atoms with Gasteiger partial charge in [0.15, 0.2) is 0 Å². The van der Waals surface area contributed by atoms with Gasteiger partial charge in [0.25, 0.3) is 0 Å². The Kier molecular flexibility index (Phi) is 4.63. The minimum atomic E-state index is 0.601. The molecule has 2 aromatic carbocycles. The van der Waals surface area contributed by atoms with Gasteiger partial charge >= 0.3 is 0 Å². The minimum Gasteiger partial charge on any atom is -0.369 e. The van der Waals surface area contributed by atoms with Gasteiger partial charge in [-0.1, -0.05) is 23.7 Å². The van der Waals surface area contributed by atoms with E-state index < -0.39 is 0 Å². The average Bonchev–Trinajstić information content (AvgIpc) is 2.83. The van der Waals surface area contributed by atoms with E-state index in [-0.39, 0.29) is 0 Å². The van der Waals surface area contributed by atoms with Gasteiger partial charge in [0.1, 0.15) is 0 Å². The summed E-state index contributed by atoms with van der Waals surface area (Å²) in [6, 6.07) is 12.7. The topological polar surface area (TPSA) is 3.24 Å². The van der Waals surface area contributed by atoms with Crippen molar-refractivity contribution in [3.8, 4) is 11.1 Å². The first-order valence-electron chi connectivity index (χ1n) is 7.01. The van der Waals surface area contributed by atoms with Crippen LogP contribution in [0.4, 0.5) is 5.69 Å². The summed E-state index contributed by atoms with van der Waals surface area (Å²) in [5, 5.41) is 0.799. The third-order valence-electron chi connectivity index (χ3n) is 3.90. The Hall–Kier alpha value is -0.890. The molecule has 0 N–H and O–H groups in total. The molecule has 0 unspecified atom stereocenters. The zero-order chi connectivity index (χ0) is 14.8. The second-order valence-electron chi connectivity index (χ2n) is 5.18. The fourth-order valence-electron chi connectivity index (χ4n) is 2.94. The first-order valence-corrected chi connectivity index (χ1v) is 8.46. The number of rotatable bonds is 5. The maximum atomic E-state index is 6.09. The van der Waals surface area contributed by atoms with Crippen LogP contribution in [0.2, 0.25) is 5.02 Å². The number of nitrogens with zero attached hydrogens (tertiary/aromatic N) is 1. The lowest BCUT2D eigenvalue weighted by atomic mass is 10.1. The molecular formula is C17H16Cl3N. The van der Waals surface area contributed by atoms with E-state index in [1.54, 1.807) is 0 Å². The molecule has 0 aliphatic heterocycles. The van der Waals surface area contributed by atoms with Gasteiger partial charge in [0, 0.05) is 35.6 Å². The molecular weight excluding hydrogens is 325 g/mol. The van der Waals surface area contributed by atoms with Gasteiger partial charge < -0.3 is 4.90 Å². The van der Waals surface area contributed by atoms with Gasteiger partial charge in [0.05, 0.1) is 0 Å². The number of anilines is 1. The Labute approximate surface area is 140 Å². The van der Waals surface area contributed by atoms with Crippen LogP contribution in [0.3, 0.4) is 0 Å². The molecule has 4 heteroatoms. The highest BCUT2D eigenvalue weighted by atomic mass is 35.5. The molecule has 1 nitrogen and oxygen atoms in total. The Morgan fingerprint density at radius 3 is 2.14 bits per heavy atom.